The summed E-state index contributed by atoms with van der Waals surface area (Å²) in [6.07, 6.45) is 0. The van der Waals surface area contributed by atoms with Crippen molar-refractivity contribution in [2.24, 2.45) is 0 Å². The van der Waals surface area contributed by atoms with Gasteiger partial charge in [-0.15, -0.1) is 0 Å². The van der Waals surface area contributed by atoms with Gasteiger partial charge in [-0.25, -0.2) is 0 Å². The largest absolute Gasteiger partial charge is 0.497 e. The van der Waals surface area contributed by atoms with Crippen LogP contribution in [0, 0.1) is 0 Å². The lowest BCUT2D eigenvalue weighted by Gasteiger charge is -2.13. The Hall–Kier alpha value is -1.58. The highest BCUT2D eigenvalue weighted by atomic mass is 35.5. The van der Waals surface area contributed by atoms with Crippen molar-refractivity contribution in [3.05, 3.63) is 52.0 Å². The predicted molar refractivity (Wildman–Crippen MR) is 83.3 cm³/mol. The fourth-order valence-electron chi connectivity index (χ4n) is 1.84. The van der Waals surface area contributed by atoms with E-state index in [0.717, 1.165) is 22.7 Å². The van der Waals surface area contributed by atoms with Gasteiger partial charge in [0.25, 0.3) is 0 Å². The number of halogens is 2. The molecule has 0 aliphatic carbocycles. The molecule has 2 aromatic carbocycles. The van der Waals surface area contributed by atoms with Crippen molar-refractivity contribution in [2.45, 2.75) is 6.54 Å². The van der Waals surface area contributed by atoms with E-state index in [4.69, 9.17) is 32.7 Å². The van der Waals surface area contributed by atoms with Crippen molar-refractivity contribution in [1.29, 1.82) is 0 Å². The summed E-state index contributed by atoms with van der Waals surface area (Å²) in [4.78, 5) is 0. The fourth-order valence-corrected chi connectivity index (χ4v) is 2.32. The number of hydrogen-bond donors (Lipinski definition) is 1. The van der Waals surface area contributed by atoms with Crippen LogP contribution in [-0.4, -0.2) is 14.2 Å². The molecule has 0 aliphatic heterocycles. The highest BCUT2D eigenvalue weighted by Gasteiger charge is 2.06. The molecule has 0 heterocycles. The van der Waals surface area contributed by atoms with Crippen LogP contribution in [0.1, 0.15) is 5.56 Å². The van der Waals surface area contributed by atoms with Gasteiger partial charge in [-0.3, -0.25) is 0 Å². The molecule has 2 aromatic rings. The van der Waals surface area contributed by atoms with Crippen LogP contribution < -0.4 is 14.8 Å². The zero-order valence-electron chi connectivity index (χ0n) is 11.2. The maximum atomic E-state index is 6.13. The summed E-state index contributed by atoms with van der Waals surface area (Å²) < 4.78 is 10.6. The first-order chi connectivity index (χ1) is 9.63. The maximum absolute atomic E-state index is 6.13. The third-order valence-electron chi connectivity index (χ3n) is 2.89. The number of nitrogens with one attached hydrogen (secondary N) is 1. The van der Waals surface area contributed by atoms with E-state index >= 15 is 0 Å². The average Bonchev–Trinajstić information content (AvgIpc) is 2.46. The molecule has 5 heteroatoms. The van der Waals surface area contributed by atoms with Gasteiger partial charge in [0, 0.05) is 17.1 Å². The number of ether oxygens (including phenoxy) is 2. The number of hydrogen-bond acceptors (Lipinski definition) is 3. The van der Waals surface area contributed by atoms with E-state index < -0.39 is 0 Å². The first-order valence-corrected chi connectivity index (χ1v) is 6.79. The Morgan fingerprint density at radius 1 is 1.00 bits per heavy atom. The number of anilines is 1. The van der Waals surface area contributed by atoms with Crippen LogP contribution in [0.3, 0.4) is 0 Å². The SMILES string of the molecule is COc1ccc(OC)c(CNc2ccc(Cl)cc2Cl)c1. The molecule has 0 bridgehead atoms. The summed E-state index contributed by atoms with van der Waals surface area (Å²) in [5, 5.41) is 4.45. The van der Waals surface area contributed by atoms with Gasteiger partial charge in [0.2, 0.25) is 0 Å². The first kappa shape index (κ1) is 14.8. The van der Waals surface area contributed by atoms with Crippen LogP contribution >= 0.6 is 23.2 Å². The van der Waals surface area contributed by atoms with E-state index in [2.05, 4.69) is 5.32 Å². The molecular weight excluding hydrogens is 297 g/mol. The van der Waals surface area contributed by atoms with Crippen molar-refractivity contribution in [2.75, 3.05) is 19.5 Å². The lowest BCUT2D eigenvalue weighted by atomic mass is 10.2. The summed E-state index contributed by atoms with van der Waals surface area (Å²) in [5.74, 6) is 1.58. The van der Waals surface area contributed by atoms with E-state index in [1.54, 1.807) is 26.4 Å². The summed E-state index contributed by atoms with van der Waals surface area (Å²) in [6.45, 7) is 0.571. The van der Waals surface area contributed by atoms with Crippen molar-refractivity contribution in [1.82, 2.24) is 0 Å². The summed E-state index contributed by atoms with van der Waals surface area (Å²) in [5.41, 5.74) is 1.80. The smallest absolute Gasteiger partial charge is 0.124 e. The number of rotatable bonds is 5. The van der Waals surface area contributed by atoms with Gasteiger partial charge in [0.15, 0.2) is 0 Å². The Morgan fingerprint density at radius 2 is 1.80 bits per heavy atom. The van der Waals surface area contributed by atoms with Gasteiger partial charge >= 0.3 is 0 Å². The number of benzene rings is 2. The van der Waals surface area contributed by atoms with Crippen molar-refractivity contribution < 1.29 is 9.47 Å². The molecule has 0 amide bonds. The second kappa shape index (κ2) is 6.73. The van der Waals surface area contributed by atoms with Gasteiger partial charge in [-0.1, -0.05) is 23.2 Å². The molecule has 0 saturated carbocycles. The summed E-state index contributed by atoms with van der Waals surface area (Å²) in [6, 6.07) is 11.0. The zero-order chi connectivity index (χ0) is 14.5. The van der Waals surface area contributed by atoms with Gasteiger partial charge in [0.1, 0.15) is 11.5 Å². The van der Waals surface area contributed by atoms with Crippen molar-refractivity contribution in [3.63, 3.8) is 0 Å². The Kier molecular flexibility index (Phi) is 4.99. The monoisotopic (exact) mass is 311 g/mol. The highest BCUT2D eigenvalue weighted by molar-refractivity contribution is 6.36. The standard InChI is InChI=1S/C15H15Cl2NO2/c1-19-12-4-6-15(20-2)10(7-12)9-18-14-5-3-11(16)8-13(14)17/h3-8,18H,9H2,1-2H3. The van der Waals surface area contributed by atoms with Gasteiger partial charge in [-0.2, -0.15) is 0 Å². The Bertz CT molecular complexity index is 602. The highest BCUT2D eigenvalue weighted by Crippen LogP contribution is 2.28. The Morgan fingerprint density at radius 3 is 2.45 bits per heavy atom. The van der Waals surface area contributed by atoms with Crippen LogP contribution in [0.15, 0.2) is 36.4 Å². The lowest BCUT2D eigenvalue weighted by molar-refractivity contribution is 0.399. The van der Waals surface area contributed by atoms with Gasteiger partial charge in [0.05, 0.1) is 24.9 Å². The third-order valence-corrected chi connectivity index (χ3v) is 3.44. The molecule has 0 saturated heterocycles. The molecule has 0 radical (unpaired) electrons. The molecule has 0 fully saturated rings. The topological polar surface area (TPSA) is 30.5 Å². The molecule has 0 aliphatic rings. The minimum absolute atomic E-state index is 0.571. The molecule has 1 N–H and O–H groups in total. The Labute approximate surface area is 128 Å². The van der Waals surface area contributed by atoms with E-state index in [1.165, 1.54) is 0 Å². The average molecular weight is 312 g/mol. The fraction of sp³-hybridized carbons (Fsp3) is 0.200. The van der Waals surface area contributed by atoms with Crippen LogP contribution in [0.5, 0.6) is 11.5 Å². The zero-order valence-corrected chi connectivity index (χ0v) is 12.8. The third kappa shape index (κ3) is 3.50. The molecule has 20 heavy (non-hydrogen) atoms. The predicted octanol–water partition coefficient (Wildman–Crippen LogP) is 4.62. The minimum Gasteiger partial charge on any atom is -0.497 e. The second-order valence-electron chi connectivity index (χ2n) is 4.16. The van der Waals surface area contributed by atoms with Crippen molar-refractivity contribution >= 4 is 28.9 Å². The lowest BCUT2D eigenvalue weighted by Crippen LogP contribution is -2.02. The Balaban J connectivity index is 2.17. The van der Waals surface area contributed by atoms with Crippen molar-refractivity contribution in [3.8, 4) is 11.5 Å². The molecule has 3 nitrogen and oxygen atoms in total. The molecular formula is C15H15Cl2NO2. The van der Waals surface area contributed by atoms with E-state index in [9.17, 15) is 0 Å². The van der Waals surface area contributed by atoms with Crippen LogP contribution in [0.25, 0.3) is 0 Å². The molecule has 0 spiro atoms. The van der Waals surface area contributed by atoms with Crippen LogP contribution in [0.4, 0.5) is 5.69 Å². The van der Waals surface area contributed by atoms with Crippen LogP contribution in [0.2, 0.25) is 10.0 Å². The number of methoxy groups -OCH3 is 2. The minimum atomic E-state index is 0.571. The van der Waals surface area contributed by atoms with Gasteiger partial charge < -0.3 is 14.8 Å². The molecule has 0 aromatic heterocycles. The van der Waals surface area contributed by atoms with E-state index in [-0.39, 0.29) is 0 Å². The van der Waals surface area contributed by atoms with E-state index in [1.807, 2.05) is 24.3 Å². The van der Waals surface area contributed by atoms with Crippen LogP contribution in [-0.2, 0) is 6.54 Å². The van der Waals surface area contributed by atoms with E-state index in [0.29, 0.717) is 16.6 Å². The molecule has 0 unspecified atom stereocenters. The molecule has 106 valence electrons. The summed E-state index contributed by atoms with van der Waals surface area (Å²) >= 11 is 12.0. The first-order valence-electron chi connectivity index (χ1n) is 6.04. The molecule has 2 rings (SSSR count). The maximum Gasteiger partial charge on any atom is 0.124 e. The van der Waals surface area contributed by atoms with Gasteiger partial charge in [-0.05, 0) is 36.4 Å². The normalized spacial score (nSPS) is 10.2. The quantitative estimate of drug-likeness (QED) is 0.873. The summed E-state index contributed by atoms with van der Waals surface area (Å²) in [7, 11) is 3.27. The molecule has 0 atom stereocenters. The second-order valence-corrected chi connectivity index (χ2v) is 5.00.